The van der Waals surface area contributed by atoms with Crippen LogP contribution in [-0.4, -0.2) is 34.6 Å². The lowest BCUT2D eigenvalue weighted by molar-refractivity contribution is 0.137. The fourth-order valence-corrected chi connectivity index (χ4v) is 0.0913. The van der Waals surface area contributed by atoms with Crippen molar-refractivity contribution in [1.29, 1.82) is 0 Å². The zero-order valence-corrected chi connectivity index (χ0v) is 4.95. The molecule has 0 aromatic carbocycles. The Morgan fingerprint density at radius 2 is 1.78 bits per heavy atom. The van der Waals surface area contributed by atoms with Gasteiger partial charge in [-0.3, -0.25) is 0 Å². The number of hydrogen-bond donors (Lipinski definition) is 4. The van der Waals surface area contributed by atoms with Crippen molar-refractivity contribution in [3.63, 3.8) is 0 Å². The van der Waals surface area contributed by atoms with Crippen LogP contribution in [0.25, 0.3) is 0 Å². The van der Waals surface area contributed by atoms with Crippen molar-refractivity contribution in [1.82, 2.24) is 0 Å². The van der Waals surface area contributed by atoms with Crippen LogP contribution in [0.3, 0.4) is 0 Å². The third-order valence-electron chi connectivity index (χ3n) is 0.362. The van der Waals surface area contributed by atoms with Gasteiger partial charge < -0.3 is 21.1 Å². The summed E-state index contributed by atoms with van der Waals surface area (Å²) >= 11 is 0. The van der Waals surface area contributed by atoms with E-state index in [0.717, 1.165) is 6.42 Å². The van der Waals surface area contributed by atoms with Gasteiger partial charge in [-0.2, -0.15) is 0 Å². The van der Waals surface area contributed by atoms with Gasteiger partial charge in [-0.05, 0) is 13.0 Å². The summed E-state index contributed by atoms with van der Waals surface area (Å²) in [6.07, 6.45) is -1.11. The van der Waals surface area contributed by atoms with E-state index in [-0.39, 0.29) is 6.61 Å². The normalized spacial score (nSPS) is 7.33. The predicted octanol–water partition coefficient (Wildman–Crippen LogP) is -0.450. The summed E-state index contributed by atoms with van der Waals surface area (Å²) in [6.45, 7) is 0.812. The van der Waals surface area contributed by atoms with Gasteiger partial charge in [-0.15, -0.1) is 0 Å². The molecule has 0 aromatic heterocycles. The van der Waals surface area contributed by atoms with Crippen LogP contribution in [0.1, 0.15) is 6.42 Å². The second kappa shape index (κ2) is 10.2. The Kier molecular flexibility index (Phi) is 12.6. The third-order valence-corrected chi connectivity index (χ3v) is 0.362. The first-order valence-corrected chi connectivity index (χ1v) is 2.38. The average Bonchev–Trinajstić information content (AvgIpc) is 1.66. The molecule has 0 fully saturated rings. The molecule has 0 unspecified atom stereocenters. The van der Waals surface area contributed by atoms with Crippen LogP contribution in [0.15, 0.2) is 0 Å². The maximum Gasteiger partial charge on any atom is 0.503 e. The minimum absolute atomic E-state index is 0.219. The Hall–Kier alpha value is -0.810. The molecule has 0 saturated carbocycles. The van der Waals surface area contributed by atoms with Gasteiger partial charge in [0.1, 0.15) is 0 Å². The van der Waals surface area contributed by atoms with Crippen molar-refractivity contribution in [2.24, 2.45) is 5.73 Å². The first-order chi connectivity index (χ1) is 4.15. The minimum Gasteiger partial charge on any atom is -0.450 e. The summed E-state index contributed by atoms with van der Waals surface area (Å²) in [5, 5.41) is 21.9. The van der Waals surface area contributed by atoms with E-state index in [1.807, 2.05) is 0 Å². The molecule has 0 aromatic rings. The Balaban J connectivity index is 0. The summed E-state index contributed by atoms with van der Waals surface area (Å²) in [4.78, 5) is 8.56. The lowest BCUT2D eigenvalue weighted by Gasteiger charge is -1.80. The lowest BCUT2D eigenvalue weighted by atomic mass is 10.5. The van der Waals surface area contributed by atoms with E-state index in [0.29, 0.717) is 6.54 Å². The zero-order chi connectivity index (χ0) is 7.70. The topological polar surface area (TPSA) is 104 Å². The summed E-state index contributed by atoms with van der Waals surface area (Å²) in [5.74, 6) is 0. The molecule has 0 aliphatic heterocycles. The standard InChI is InChI=1S/C3H9NO.CH2O3/c4-2-1-3-5;2-1(3)4/h5H,1-4H2;(H2,2,3,4). The largest absolute Gasteiger partial charge is 0.503 e. The Morgan fingerprint density at radius 3 is 1.78 bits per heavy atom. The molecule has 5 N–H and O–H groups in total. The number of hydrogen-bond acceptors (Lipinski definition) is 3. The number of aliphatic hydroxyl groups is 1. The maximum atomic E-state index is 8.56. The highest BCUT2D eigenvalue weighted by Crippen LogP contribution is 1.62. The minimum atomic E-state index is -1.83. The molecule has 0 atom stereocenters. The molecule has 0 radical (unpaired) electrons. The van der Waals surface area contributed by atoms with Gasteiger partial charge >= 0.3 is 6.16 Å². The Morgan fingerprint density at radius 1 is 1.44 bits per heavy atom. The van der Waals surface area contributed by atoms with E-state index in [9.17, 15) is 0 Å². The van der Waals surface area contributed by atoms with E-state index in [1.165, 1.54) is 0 Å². The molecule has 0 amide bonds. The Bertz CT molecular complexity index is 59.6. The lowest BCUT2D eigenvalue weighted by Crippen LogP contribution is -1.99. The summed E-state index contributed by atoms with van der Waals surface area (Å²) in [5.41, 5.74) is 4.98. The Labute approximate surface area is 52.7 Å². The molecule has 56 valence electrons. The van der Waals surface area contributed by atoms with E-state index >= 15 is 0 Å². The van der Waals surface area contributed by atoms with Crippen LogP contribution in [0.4, 0.5) is 4.79 Å². The molecule has 0 saturated heterocycles. The van der Waals surface area contributed by atoms with Crippen molar-refractivity contribution < 1.29 is 20.1 Å². The molecule has 0 spiro atoms. The van der Waals surface area contributed by atoms with Gasteiger partial charge in [-0.25, -0.2) is 4.79 Å². The SMILES string of the molecule is NCCCO.O=C(O)O. The molecular weight excluding hydrogens is 126 g/mol. The quantitative estimate of drug-likeness (QED) is 0.412. The van der Waals surface area contributed by atoms with Crippen molar-refractivity contribution in [3.8, 4) is 0 Å². The average molecular weight is 137 g/mol. The fraction of sp³-hybridized carbons (Fsp3) is 0.750. The van der Waals surface area contributed by atoms with Crippen molar-refractivity contribution in [3.05, 3.63) is 0 Å². The highest BCUT2D eigenvalue weighted by molar-refractivity contribution is 5.53. The summed E-state index contributed by atoms with van der Waals surface area (Å²) in [6, 6.07) is 0. The first kappa shape index (κ1) is 11.0. The number of aliphatic hydroxyl groups excluding tert-OH is 1. The molecule has 9 heavy (non-hydrogen) atoms. The maximum absolute atomic E-state index is 8.56. The zero-order valence-electron chi connectivity index (χ0n) is 4.95. The molecular formula is C4H11NO4. The van der Waals surface area contributed by atoms with Gasteiger partial charge in [0.05, 0.1) is 0 Å². The van der Waals surface area contributed by atoms with Crippen LogP contribution >= 0.6 is 0 Å². The predicted molar refractivity (Wildman–Crippen MR) is 31.4 cm³/mol. The third kappa shape index (κ3) is 137. The van der Waals surface area contributed by atoms with Gasteiger partial charge in [0, 0.05) is 6.61 Å². The smallest absolute Gasteiger partial charge is 0.450 e. The molecule has 0 aliphatic rings. The van der Waals surface area contributed by atoms with Crippen molar-refractivity contribution in [2.75, 3.05) is 13.2 Å². The van der Waals surface area contributed by atoms with Crippen LogP contribution in [0, 0.1) is 0 Å². The van der Waals surface area contributed by atoms with E-state index < -0.39 is 6.16 Å². The molecule has 0 rings (SSSR count). The number of carbonyl (C=O) groups is 1. The number of carboxylic acid groups (broad SMARTS) is 2. The van der Waals surface area contributed by atoms with Crippen LogP contribution in [0.5, 0.6) is 0 Å². The van der Waals surface area contributed by atoms with Gasteiger partial charge in [0.15, 0.2) is 0 Å². The highest BCUT2D eigenvalue weighted by Gasteiger charge is 1.70. The van der Waals surface area contributed by atoms with Gasteiger partial charge in [0.25, 0.3) is 0 Å². The van der Waals surface area contributed by atoms with Crippen LogP contribution in [-0.2, 0) is 0 Å². The van der Waals surface area contributed by atoms with E-state index in [1.54, 1.807) is 0 Å². The molecule has 0 bridgehead atoms. The fourth-order valence-electron chi connectivity index (χ4n) is 0.0913. The first-order valence-electron chi connectivity index (χ1n) is 2.38. The highest BCUT2D eigenvalue weighted by atomic mass is 16.6. The molecule has 5 nitrogen and oxygen atoms in total. The van der Waals surface area contributed by atoms with Crippen LogP contribution < -0.4 is 5.73 Å². The molecule has 0 heterocycles. The van der Waals surface area contributed by atoms with Crippen molar-refractivity contribution >= 4 is 6.16 Å². The second-order valence-electron chi connectivity index (χ2n) is 1.15. The summed E-state index contributed by atoms with van der Waals surface area (Å²) < 4.78 is 0. The van der Waals surface area contributed by atoms with Gasteiger partial charge in [0.2, 0.25) is 0 Å². The number of rotatable bonds is 2. The molecule has 5 heteroatoms. The second-order valence-corrected chi connectivity index (χ2v) is 1.15. The van der Waals surface area contributed by atoms with Gasteiger partial charge in [-0.1, -0.05) is 0 Å². The van der Waals surface area contributed by atoms with E-state index in [4.69, 9.17) is 25.8 Å². The summed E-state index contributed by atoms with van der Waals surface area (Å²) in [7, 11) is 0. The molecule has 0 aliphatic carbocycles. The number of nitrogens with two attached hydrogens (primary N) is 1. The van der Waals surface area contributed by atoms with Crippen molar-refractivity contribution in [2.45, 2.75) is 6.42 Å². The van der Waals surface area contributed by atoms with Crippen LogP contribution in [0.2, 0.25) is 0 Å². The van der Waals surface area contributed by atoms with E-state index in [2.05, 4.69) is 0 Å². The monoisotopic (exact) mass is 137 g/mol.